The summed E-state index contributed by atoms with van der Waals surface area (Å²) >= 11 is 1.48. The lowest BCUT2D eigenvalue weighted by Crippen LogP contribution is -2.18. The van der Waals surface area contributed by atoms with Crippen LogP contribution in [0.4, 0.5) is 5.00 Å². The number of ether oxygens (including phenoxy) is 1. The summed E-state index contributed by atoms with van der Waals surface area (Å²) in [7, 11) is 0. The molecule has 1 aromatic carbocycles. The molecule has 1 heterocycles. The van der Waals surface area contributed by atoms with Gasteiger partial charge in [0, 0.05) is 10.4 Å². The maximum absolute atomic E-state index is 12.6. The number of nitrogens with one attached hydrogen (secondary N) is 1. The Morgan fingerprint density at radius 2 is 1.86 bits per heavy atom. The Morgan fingerprint density at radius 1 is 1.11 bits per heavy atom. The molecule has 6 heteroatoms. The van der Waals surface area contributed by atoms with Crippen LogP contribution in [-0.2, 0) is 12.8 Å². The third-order valence-corrected chi connectivity index (χ3v) is 6.24. The highest BCUT2D eigenvalue weighted by Gasteiger charge is 2.25. The summed E-state index contributed by atoms with van der Waals surface area (Å²) in [6.07, 6.45) is 8.59. The molecule has 1 aromatic heterocycles. The number of rotatable bonds is 9. The van der Waals surface area contributed by atoms with Gasteiger partial charge < -0.3 is 15.8 Å². The number of hydrogen-bond donors (Lipinski definition) is 2. The fraction of sp³-hybridized carbons (Fsp3) is 0.455. The van der Waals surface area contributed by atoms with Gasteiger partial charge in [-0.3, -0.25) is 9.59 Å². The second-order valence-electron chi connectivity index (χ2n) is 7.17. The van der Waals surface area contributed by atoms with E-state index in [4.69, 9.17) is 10.5 Å². The Kier molecular flexibility index (Phi) is 7.09. The molecule has 3 N–H and O–H groups in total. The normalized spacial score (nSPS) is 13.0. The van der Waals surface area contributed by atoms with E-state index in [1.165, 1.54) is 35.5 Å². The molecule has 0 spiro atoms. The number of amides is 2. The number of unbranched alkanes of at least 4 members (excludes halogenated alkanes) is 3. The molecular weight excluding hydrogens is 372 g/mol. The van der Waals surface area contributed by atoms with Crippen molar-refractivity contribution in [3.63, 3.8) is 0 Å². The summed E-state index contributed by atoms with van der Waals surface area (Å²) in [5.74, 6) is 0.0505. The van der Waals surface area contributed by atoms with E-state index in [1.54, 1.807) is 12.1 Å². The van der Waals surface area contributed by atoms with E-state index in [1.807, 2.05) is 12.1 Å². The van der Waals surface area contributed by atoms with E-state index >= 15 is 0 Å². The number of anilines is 1. The minimum Gasteiger partial charge on any atom is -0.494 e. The van der Waals surface area contributed by atoms with Gasteiger partial charge in [-0.1, -0.05) is 26.2 Å². The molecule has 0 aliphatic heterocycles. The summed E-state index contributed by atoms with van der Waals surface area (Å²) in [5, 5.41) is 3.46. The molecule has 0 bridgehead atoms. The maximum atomic E-state index is 12.6. The lowest BCUT2D eigenvalue weighted by atomic mass is 9.95. The van der Waals surface area contributed by atoms with Gasteiger partial charge in [0.05, 0.1) is 12.2 Å². The van der Waals surface area contributed by atoms with Gasteiger partial charge in [-0.25, -0.2) is 0 Å². The van der Waals surface area contributed by atoms with Crippen molar-refractivity contribution in [1.29, 1.82) is 0 Å². The maximum Gasteiger partial charge on any atom is 0.256 e. The number of hydrogen-bond acceptors (Lipinski definition) is 4. The number of benzene rings is 1. The van der Waals surface area contributed by atoms with Crippen LogP contribution in [0, 0.1) is 0 Å². The van der Waals surface area contributed by atoms with Crippen molar-refractivity contribution in [1.82, 2.24) is 0 Å². The van der Waals surface area contributed by atoms with Crippen LogP contribution in [0.1, 0.15) is 76.6 Å². The highest BCUT2D eigenvalue weighted by atomic mass is 32.1. The van der Waals surface area contributed by atoms with Crippen LogP contribution in [0.15, 0.2) is 24.3 Å². The van der Waals surface area contributed by atoms with Crippen LogP contribution < -0.4 is 15.8 Å². The monoisotopic (exact) mass is 400 g/mol. The highest BCUT2D eigenvalue weighted by Crippen LogP contribution is 2.38. The van der Waals surface area contributed by atoms with Crippen molar-refractivity contribution in [3.8, 4) is 5.75 Å². The summed E-state index contributed by atoms with van der Waals surface area (Å²) in [5.41, 5.74) is 7.63. The van der Waals surface area contributed by atoms with E-state index in [9.17, 15) is 9.59 Å². The third-order valence-electron chi connectivity index (χ3n) is 5.03. The number of carbonyl (C=O) groups is 2. The molecule has 0 unspecified atom stereocenters. The Morgan fingerprint density at radius 3 is 2.57 bits per heavy atom. The topological polar surface area (TPSA) is 81.4 Å². The van der Waals surface area contributed by atoms with Crippen molar-refractivity contribution in [2.24, 2.45) is 5.73 Å². The number of fused-ring (bicyclic) bond motifs is 1. The van der Waals surface area contributed by atoms with Crippen molar-refractivity contribution in [2.45, 2.75) is 58.3 Å². The number of nitrogens with two attached hydrogens (primary N) is 1. The highest BCUT2D eigenvalue weighted by molar-refractivity contribution is 7.17. The zero-order valence-electron chi connectivity index (χ0n) is 16.4. The lowest BCUT2D eigenvalue weighted by molar-refractivity contribution is 0.100. The van der Waals surface area contributed by atoms with Crippen LogP contribution in [0.3, 0.4) is 0 Å². The summed E-state index contributed by atoms with van der Waals surface area (Å²) in [6, 6.07) is 7.11. The molecule has 150 valence electrons. The van der Waals surface area contributed by atoms with Gasteiger partial charge in [-0.15, -0.1) is 11.3 Å². The van der Waals surface area contributed by atoms with Crippen molar-refractivity contribution in [2.75, 3.05) is 11.9 Å². The van der Waals surface area contributed by atoms with Crippen LogP contribution >= 0.6 is 11.3 Å². The molecule has 0 atom stereocenters. The number of thiophene rings is 1. The fourth-order valence-corrected chi connectivity index (χ4v) is 4.80. The summed E-state index contributed by atoms with van der Waals surface area (Å²) < 4.78 is 5.72. The molecule has 3 rings (SSSR count). The first-order chi connectivity index (χ1) is 13.6. The molecule has 2 aromatic rings. The standard InChI is InChI=1S/C22H28N2O3S/c1-2-3-4-7-14-27-16-12-10-15(11-13-16)21(26)24-22-19(20(23)25)17-8-5-6-9-18(17)28-22/h10-13H,2-9,14H2,1H3,(H2,23,25)(H,24,26). The molecule has 2 amide bonds. The molecule has 28 heavy (non-hydrogen) atoms. The SMILES string of the molecule is CCCCCCOc1ccc(C(=O)Nc2sc3c(c2C(N)=O)CCCC3)cc1. The first kappa shape index (κ1) is 20.4. The lowest BCUT2D eigenvalue weighted by Gasteiger charge is -2.11. The average Bonchev–Trinajstić information content (AvgIpc) is 3.06. The van der Waals surface area contributed by atoms with Crippen LogP contribution in [0.2, 0.25) is 0 Å². The van der Waals surface area contributed by atoms with E-state index in [0.717, 1.165) is 43.4 Å². The summed E-state index contributed by atoms with van der Waals surface area (Å²) in [4.78, 5) is 25.8. The first-order valence-corrected chi connectivity index (χ1v) is 10.9. The fourth-order valence-electron chi connectivity index (χ4n) is 3.51. The molecule has 0 fully saturated rings. The molecule has 1 aliphatic carbocycles. The Labute approximate surface area is 170 Å². The predicted molar refractivity (Wildman–Crippen MR) is 114 cm³/mol. The zero-order valence-corrected chi connectivity index (χ0v) is 17.2. The van der Waals surface area contributed by atoms with Crippen molar-refractivity contribution >= 4 is 28.2 Å². The van der Waals surface area contributed by atoms with Gasteiger partial charge in [0.25, 0.3) is 11.8 Å². The van der Waals surface area contributed by atoms with Crippen LogP contribution in [0.5, 0.6) is 5.75 Å². The number of carbonyl (C=O) groups excluding carboxylic acids is 2. The molecule has 0 radical (unpaired) electrons. The van der Waals surface area contributed by atoms with Gasteiger partial charge >= 0.3 is 0 Å². The second kappa shape index (κ2) is 9.73. The van der Waals surface area contributed by atoms with E-state index in [2.05, 4.69) is 12.2 Å². The molecule has 5 nitrogen and oxygen atoms in total. The van der Waals surface area contributed by atoms with Crippen molar-refractivity contribution in [3.05, 3.63) is 45.8 Å². The zero-order chi connectivity index (χ0) is 19.9. The molecule has 0 saturated carbocycles. The second-order valence-corrected chi connectivity index (χ2v) is 8.27. The van der Waals surface area contributed by atoms with Crippen LogP contribution in [0.25, 0.3) is 0 Å². The van der Waals surface area contributed by atoms with Gasteiger partial charge in [0.2, 0.25) is 0 Å². The first-order valence-electron chi connectivity index (χ1n) is 10.1. The smallest absolute Gasteiger partial charge is 0.256 e. The number of primary amides is 1. The minimum absolute atomic E-state index is 0.240. The van der Waals surface area contributed by atoms with E-state index < -0.39 is 5.91 Å². The molecular formula is C22H28N2O3S. The van der Waals surface area contributed by atoms with Gasteiger partial charge in [-0.05, 0) is 61.9 Å². The quantitative estimate of drug-likeness (QED) is 0.585. The Balaban J connectivity index is 1.63. The van der Waals surface area contributed by atoms with Crippen molar-refractivity contribution < 1.29 is 14.3 Å². The van der Waals surface area contributed by atoms with Gasteiger partial charge in [0.15, 0.2) is 0 Å². The summed E-state index contributed by atoms with van der Waals surface area (Å²) in [6.45, 7) is 2.87. The Bertz CT molecular complexity index is 827. The minimum atomic E-state index is -0.471. The molecule has 1 aliphatic rings. The Hall–Kier alpha value is -2.34. The largest absolute Gasteiger partial charge is 0.494 e. The molecule has 0 saturated heterocycles. The van der Waals surface area contributed by atoms with Crippen LogP contribution in [-0.4, -0.2) is 18.4 Å². The van der Waals surface area contributed by atoms with E-state index in [-0.39, 0.29) is 5.91 Å². The number of aryl methyl sites for hydroxylation is 1. The van der Waals surface area contributed by atoms with E-state index in [0.29, 0.717) is 22.7 Å². The third kappa shape index (κ3) is 4.93. The van der Waals surface area contributed by atoms with Gasteiger partial charge in [-0.2, -0.15) is 0 Å². The average molecular weight is 401 g/mol. The van der Waals surface area contributed by atoms with Gasteiger partial charge in [0.1, 0.15) is 10.8 Å². The predicted octanol–water partition coefficient (Wildman–Crippen LogP) is 4.94.